The van der Waals surface area contributed by atoms with Crippen LogP contribution in [0.2, 0.25) is 0 Å². The molecule has 0 atom stereocenters. The van der Waals surface area contributed by atoms with Gasteiger partial charge in [0, 0.05) is 11.3 Å². The first-order chi connectivity index (χ1) is 15.1. The van der Waals surface area contributed by atoms with Crippen molar-refractivity contribution in [3.8, 4) is 6.07 Å². The fraction of sp³-hybridized carbons (Fsp3) is 0.0833. The smallest absolute Gasteiger partial charge is 0.271 e. The molecule has 1 amide bonds. The summed E-state index contributed by atoms with van der Waals surface area (Å²) < 4.78 is 0. The largest absolute Gasteiger partial charge is 0.333 e. The van der Waals surface area contributed by atoms with Crippen molar-refractivity contribution in [2.45, 2.75) is 17.8 Å². The normalized spacial score (nSPS) is 11.3. The molecule has 0 aliphatic carbocycles. The number of rotatable bonds is 6. The monoisotopic (exact) mass is 425 g/mol. The summed E-state index contributed by atoms with van der Waals surface area (Å²) in [5.41, 5.74) is 8.28. The molecule has 2 N–H and O–H groups in total. The molecule has 4 aromatic rings. The number of benzene rings is 3. The van der Waals surface area contributed by atoms with E-state index in [4.69, 9.17) is 5.26 Å². The Kier molecular flexibility index (Phi) is 6.11. The maximum atomic E-state index is 12.4. The van der Waals surface area contributed by atoms with E-state index in [2.05, 4.69) is 26.6 Å². The van der Waals surface area contributed by atoms with Crippen molar-refractivity contribution in [2.75, 3.05) is 0 Å². The second-order valence-corrected chi connectivity index (χ2v) is 7.84. The van der Waals surface area contributed by atoms with Crippen LogP contribution in [0.25, 0.3) is 11.0 Å². The number of hydrogen-bond donors (Lipinski definition) is 2. The van der Waals surface area contributed by atoms with Crippen molar-refractivity contribution in [2.24, 2.45) is 5.10 Å². The quantitative estimate of drug-likeness (QED) is 0.261. The van der Waals surface area contributed by atoms with Gasteiger partial charge in [-0.15, -0.1) is 0 Å². The predicted octanol–water partition coefficient (Wildman–Crippen LogP) is 4.88. The number of aromatic amines is 1. The zero-order valence-corrected chi connectivity index (χ0v) is 17.6. The lowest BCUT2D eigenvalue weighted by Gasteiger charge is -2.05. The highest BCUT2D eigenvalue weighted by Crippen LogP contribution is 2.23. The summed E-state index contributed by atoms with van der Waals surface area (Å²) in [6, 6.07) is 24.5. The van der Waals surface area contributed by atoms with Crippen molar-refractivity contribution < 1.29 is 4.79 Å². The van der Waals surface area contributed by atoms with Crippen LogP contribution < -0.4 is 5.43 Å². The fourth-order valence-corrected chi connectivity index (χ4v) is 3.79. The minimum absolute atomic E-state index is 0.274. The second kappa shape index (κ2) is 9.28. The van der Waals surface area contributed by atoms with Gasteiger partial charge in [-0.05, 0) is 54.4 Å². The third kappa shape index (κ3) is 5.00. The molecule has 0 bridgehead atoms. The average molecular weight is 426 g/mol. The maximum Gasteiger partial charge on any atom is 0.271 e. The van der Waals surface area contributed by atoms with Crippen LogP contribution in [0.3, 0.4) is 0 Å². The minimum Gasteiger partial charge on any atom is -0.333 e. The first kappa shape index (κ1) is 20.4. The third-order valence-electron chi connectivity index (χ3n) is 4.72. The summed E-state index contributed by atoms with van der Waals surface area (Å²) in [6.07, 6.45) is 0. The second-order valence-electron chi connectivity index (χ2n) is 6.87. The van der Waals surface area contributed by atoms with Crippen LogP contribution in [-0.4, -0.2) is 21.6 Å². The van der Waals surface area contributed by atoms with Crippen LogP contribution in [0.5, 0.6) is 0 Å². The number of carbonyl (C=O) groups is 1. The number of nitriles is 1. The lowest BCUT2D eigenvalue weighted by Crippen LogP contribution is -2.19. The van der Waals surface area contributed by atoms with E-state index in [1.807, 2.05) is 36.4 Å². The van der Waals surface area contributed by atoms with Crippen LogP contribution in [0.4, 0.5) is 0 Å². The lowest BCUT2D eigenvalue weighted by atomic mass is 10.1. The summed E-state index contributed by atoms with van der Waals surface area (Å²) in [6.45, 7) is 1.81. The molecular weight excluding hydrogens is 406 g/mol. The van der Waals surface area contributed by atoms with Crippen molar-refractivity contribution >= 4 is 34.4 Å². The Bertz CT molecular complexity index is 1250. The molecule has 6 nitrogen and oxygen atoms in total. The standard InChI is InChI=1S/C24H19N5OS/c1-16(19-10-6-17(14-25)7-11-19)28-29-23(30)20-12-8-18(9-13-20)15-31-24-26-21-4-2-3-5-22(21)27-24/h2-13H,15H2,1H3,(H,26,27)(H,29,30). The Balaban J connectivity index is 1.34. The highest BCUT2D eigenvalue weighted by molar-refractivity contribution is 7.98. The number of H-pyrrole nitrogens is 1. The number of para-hydroxylation sites is 2. The highest BCUT2D eigenvalue weighted by Gasteiger charge is 2.07. The summed E-state index contributed by atoms with van der Waals surface area (Å²) >= 11 is 1.62. The number of aromatic nitrogens is 2. The van der Waals surface area contributed by atoms with Crippen molar-refractivity contribution in [1.29, 1.82) is 5.26 Å². The molecule has 0 aliphatic heterocycles. The first-order valence-electron chi connectivity index (χ1n) is 9.64. The SMILES string of the molecule is CC(=NNC(=O)c1ccc(CSc2nc3ccccc3[nH]2)cc1)c1ccc(C#N)cc1. The molecule has 0 unspecified atom stereocenters. The molecule has 152 valence electrons. The van der Waals surface area contributed by atoms with Gasteiger partial charge in [-0.25, -0.2) is 10.4 Å². The molecule has 0 spiro atoms. The Hall–Kier alpha value is -3.89. The molecule has 0 radical (unpaired) electrons. The molecule has 1 heterocycles. The number of nitrogens with zero attached hydrogens (tertiary/aromatic N) is 3. The van der Waals surface area contributed by atoms with Crippen LogP contribution in [0.1, 0.15) is 34.0 Å². The zero-order valence-electron chi connectivity index (χ0n) is 16.8. The van der Waals surface area contributed by atoms with Gasteiger partial charge in [0.1, 0.15) is 0 Å². The number of carbonyl (C=O) groups excluding carboxylic acids is 1. The van der Waals surface area contributed by atoms with Crippen molar-refractivity contribution in [3.63, 3.8) is 0 Å². The number of nitrogens with one attached hydrogen (secondary N) is 2. The molecule has 0 aliphatic rings. The van der Waals surface area contributed by atoms with Gasteiger partial charge in [0.05, 0.1) is 28.4 Å². The molecule has 0 saturated carbocycles. The first-order valence-corrected chi connectivity index (χ1v) is 10.6. The lowest BCUT2D eigenvalue weighted by molar-refractivity contribution is 0.0955. The van der Waals surface area contributed by atoms with E-state index < -0.39 is 0 Å². The summed E-state index contributed by atoms with van der Waals surface area (Å²) in [5, 5.41) is 13.9. The zero-order chi connectivity index (χ0) is 21.6. The summed E-state index contributed by atoms with van der Waals surface area (Å²) in [4.78, 5) is 20.3. The Morgan fingerprint density at radius 2 is 1.77 bits per heavy atom. The Labute approximate surface area is 184 Å². The topological polar surface area (TPSA) is 93.9 Å². The molecule has 1 aromatic heterocycles. The average Bonchev–Trinajstić information content (AvgIpc) is 3.24. The number of imidazole rings is 1. The Morgan fingerprint density at radius 3 is 2.48 bits per heavy atom. The molecule has 0 fully saturated rings. The van der Waals surface area contributed by atoms with Gasteiger partial charge in [0.15, 0.2) is 5.16 Å². The van der Waals surface area contributed by atoms with Gasteiger partial charge < -0.3 is 4.98 Å². The predicted molar refractivity (Wildman–Crippen MR) is 123 cm³/mol. The third-order valence-corrected chi connectivity index (χ3v) is 5.66. The van der Waals surface area contributed by atoms with Gasteiger partial charge in [-0.1, -0.05) is 48.2 Å². The highest BCUT2D eigenvalue weighted by atomic mass is 32.2. The number of hydrazone groups is 1. The summed E-state index contributed by atoms with van der Waals surface area (Å²) in [7, 11) is 0. The molecule has 0 saturated heterocycles. The van der Waals surface area contributed by atoms with Crippen LogP contribution in [0.15, 0.2) is 83.1 Å². The number of fused-ring (bicyclic) bond motifs is 1. The van der Waals surface area contributed by atoms with Crippen LogP contribution in [-0.2, 0) is 5.75 Å². The van der Waals surface area contributed by atoms with E-state index in [1.54, 1.807) is 55.1 Å². The molecule has 3 aromatic carbocycles. The van der Waals surface area contributed by atoms with E-state index in [0.29, 0.717) is 16.8 Å². The van der Waals surface area contributed by atoms with Crippen LogP contribution in [0, 0.1) is 11.3 Å². The fourth-order valence-electron chi connectivity index (χ4n) is 2.95. The van der Waals surface area contributed by atoms with Gasteiger partial charge >= 0.3 is 0 Å². The van der Waals surface area contributed by atoms with Gasteiger partial charge in [-0.2, -0.15) is 10.4 Å². The van der Waals surface area contributed by atoms with Gasteiger partial charge in [0.2, 0.25) is 0 Å². The van der Waals surface area contributed by atoms with Gasteiger partial charge in [0.25, 0.3) is 5.91 Å². The van der Waals surface area contributed by atoms with Crippen molar-refractivity contribution in [1.82, 2.24) is 15.4 Å². The number of amides is 1. The molecule has 7 heteroatoms. The van der Waals surface area contributed by atoms with Crippen molar-refractivity contribution in [3.05, 3.63) is 95.1 Å². The van der Waals surface area contributed by atoms with E-state index in [0.717, 1.165) is 33.1 Å². The van der Waals surface area contributed by atoms with E-state index in [9.17, 15) is 4.79 Å². The van der Waals surface area contributed by atoms with Crippen LogP contribution >= 0.6 is 11.8 Å². The maximum absolute atomic E-state index is 12.4. The molecule has 31 heavy (non-hydrogen) atoms. The van der Waals surface area contributed by atoms with E-state index >= 15 is 0 Å². The number of thioether (sulfide) groups is 1. The molecule has 4 rings (SSSR count). The molecular formula is C24H19N5OS. The van der Waals surface area contributed by atoms with E-state index in [1.165, 1.54) is 0 Å². The van der Waals surface area contributed by atoms with E-state index in [-0.39, 0.29) is 5.91 Å². The van der Waals surface area contributed by atoms with Gasteiger partial charge in [-0.3, -0.25) is 4.79 Å². The minimum atomic E-state index is -0.274. The summed E-state index contributed by atoms with van der Waals surface area (Å²) in [5.74, 6) is 0.474. The number of hydrogen-bond acceptors (Lipinski definition) is 5. The Morgan fingerprint density at radius 1 is 1.06 bits per heavy atom.